The van der Waals surface area contributed by atoms with Gasteiger partial charge in [-0.3, -0.25) is 4.79 Å². The molecule has 0 saturated heterocycles. The van der Waals surface area contributed by atoms with Crippen molar-refractivity contribution in [3.8, 4) is 0 Å². The van der Waals surface area contributed by atoms with Crippen molar-refractivity contribution in [2.24, 2.45) is 64.1 Å². The molecule has 0 aliphatic heterocycles. The van der Waals surface area contributed by atoms with Gasteiger partial charge in [0, 0.05) is 12.3 Å². The van der Waals surface area contributed by atoms with Crippen LogP contribution in [0.3, 0.4) is 0 Å². The molecule has 0 aromatic carbocycles. The van der Waals surface area contributed by atoms with Crippen LogP contribution in [-0.4, -0.2) is 5.78 Å². The van der Waals surface area contributed by atoms with Crippen LogP contribution in [0.2, 0.25) is 0 Å². The first-order chi connectivity index (χ1) is 15.7. The van der Waals surface area contributed by atoms with Crippen LogP contribution >= 0.6 is 0 Å². The second-order valence-corrected chi connectivity index (χ2v) is 13.9. The van der Waals surface area contributed by atoms with Crippen LogP contribution in [0.25, 0.3) is 0 Å². The van der Waals surface area contributed by atoms with Gasteiger partial charge in [-0.25, -0.2) is 0 Å². The predicted octanol–water partition coefficient (Wildman–Crippen LogP) is 9.12. The highest BCUT2D eigenvalue weighted by atomic mass is 16.1. The van der Waals surface area contributed by atoms with Crippen molar-refractivity contribution >= 4 is 5.78 Å². The Morgan fingerprint density at radius 1 is 0.939 bits per heavy atom. The fourth-order valence-electron chi connectivity index (χ4n) is 10.5. The molecule has 4 fully saturated rings. The van der Waals surface area contributed by atoms with Gasteiger partial charge in [0.15, 0.2) is 0 Å². The van der Waals surface area contributed by atoms with E-state index in [1.54, 1.807) is 0 Å². The van der Waals surface area contributed by atoms with E-state index in [0.29, 0.717) is 22.5 Å². The molecule has 0 bridgehead atoms. The molecular formula is C32H54O. The van der Waals surface area contributed by atoms with E-state index in [-0.39, 0.29) is 5.92 Å². The molecule has 0 N–H and O–H groups in total. The van der Waals surface area contributed by atoms with Crippen LogP contribution in [0.15, 0.2) is 12.7 Å². The number of carbonyl (C=O) groups is 1. The second kappa shape index (κ2) is 9.81. The van der Waals surface area contributed by atoms with Gasteiger partial charge in [0.2, 0.25) is 0 Å². The monoisotopic (exact) mass is 454 g/mol. The number of hydrogen-bond donors (Lipinski definition) is 0. The fraction of sp³-hybridized carbons (Fsp3) is 0.906. The summed E-state index contributed by atoms with van der Waals surface area (Å²) in [6, 6.07) is 0. The van der Waals surface area contributed by atoms with Crippen LogP contribution in [0.5, 0.6) is 0 Å². The topological polar surface area (TPSA) is 17.1 Å². The van der Waals surface area contributed by atoms with E-state index in [4.69, 9.17) is 0 Å². The van der Waals surface area contributed by atoms with E-state index in [2.05, 4.69) is 48.1 Å². The smallest absolute Gasteiger partial charge is 0.136 e. The Kier molecular flexibility index (Phi) is 7.58. The maximum Gasteiger partial charge on any atom is 0.136 e. The number of rotatable bonds is 8. The minimum absolute atomic E-state index is 0.263. The zero-order chi connectivity index (χ0) is 24.0. The lowest BCUT2D eigenvalue weighted by molar-refractivity contribution is -0.152. The fourth-order valence-corrected chi connectivity index (χ4v) is 10.5. The number of Topliss-reactive ketones (excluding diaryl/α,β-unsaturated/α-hetero) is 1. The summed E-state index contributed by atoms with van der Waals surface area (Å²) in [7, 11) is 0. The Labute approximate surface area is 206 Å². The molecule has 1 nitrogen and oxygen atoms in total. The minimum atomic E-state index is 0.263. The molecule has 0 unspecified atom stereocenters. The maximum atomic E-state index is 12.8. The lowest BCUT2D eigenvalue weighted by Gasteiger charge is -2.62. The summed E-state index contributed by atoms with van der Waals surface area (Å²) in [5, 5.41) is 0. The lowest BCUT2D eigenvalue weighted by Crippen LogP contribution is -2.56. The highest BCUT2D eigenvalue weighted by Crippen LogP contribution is 2.69. The Balaban J connectivity index is 1.48. The Morgan fingerprint density at radius 3 is 2.30 bits per heavy atom. The number of fused-ring (bicyclic) bond motifs is 5. The Bertz CT molecular complexity index is 707. The largest absolute Gasteiger partial charge is 0.299 e. The van der Waals surface area contributed by atoms with Gasteiger partial charge in [-0.05, 0) is 116 Å². The molecule has 4 saturated carbocycles. The van der Waals surface area contributed by atoms with Crippen molar-refractivity contribution in [1.82, 2.24) is 0 Å². The first-order valence-electron chi connectivity index (χ1n) is 14.8. The van der Waals surface area contributed by atoms with Crippen LogP contribution in [-0.2, 0) is 4.79 Å². The molecule has 4 aliphatic carbocycles. The highest BCUT2D eigenvalue weighted by molar-refractivity contribution is 5.82. The van der Waals surface area contributed by atoms with Crippen molar-refractivity contribution in [3.63, 3.8) is 0 Å². The Hall–Kier alpha value is -0.590. The summed E-state index contributed by atoms with van der Waals surface area (Å²) in [5.74, 6) is 7.66. The average Bonchev–Trinajstić information content (AvgIpc) is 3.13. The molecule has 1 heteroatoms. The van der Waals surface area contributed by atoms with E-state index < -0.39 is 0 Å². The van der Waals surface area contributed by atoms with Crippen molar-refractivity contribution in [2.75, 3.05) is 0 Å². The van der Waals surface area contributed by atoms with Gasteiger partial charge in [0.05, 0.1) is 0 Å². The third-order valence-corrected chi connectivity index (χ3v) is 12.4. The van der Waals surface area contributed by atoms with Gasteiger partial charge in [0.1, 0.15) is 5.78 Å². The molecule has 0 amide bonds. The minimum Gasteiger partial charge on any atom is -0.299 e. The normalized spacial score (nSPS) is 44.6. The number of carbonyl (C=O) groups excluding carboxylic acids is 1. The summed E-state index contributed by atoms with van der Waals surface area (Å²) < 4.78 is 0. The molecule has 4 aliphatic rings. The van der Waals surface area contributed by atoms with Crippen LogP contribution in [0.1, 0.15) is 119 Å². The lowest BCUT2D eigenvalue weighted by atomic mass is 9.43. The first kappa shape index (κ1) is 25.5. The van der Waals surface area contributed by atoms with Gasteiger partial charge in [-0.15, -0.1) is 6.58 Å². The zero-order valence-corrected chi connectivity index (χ0v) is 22.9. The third kappa shape index (κ3) is 4.31. The van der Waals surface area contributed by atoms with Gasteiger partial charge in [-0.1, -0.05) is 60.5 Å². The van der Waals surface area contributed by atoms with E-state index in [1.807, 2.05) is 6.08 Å². The van der Waals surface area contributed by atoms with Crippen molar-refractivity contribution in [2.45, 2.75) is 119 Å². The zero-order valence-electron chi connectivity index (χ0n) is 22.9. The standard InChI is InChI=1S/C32H54O/c1-8-10-25-28-14-13-24-27-16-15-26(22(5)11-12-23(9-2)21(3)4)31(27,6)19-17-29(24)32(28,7)20-18-30(25)33/h8,21-29H,1,9-20H2,2-7H3/t22-,23-,24+,25+,26-,27+,28+,29+,31-,32+/m1/s1. The number of hydrogen-bond acceptors (Lipinski definition) is 1. The average molecular weight is 455 g/mol. The number of allylic oxidation sites excluding steroid dienone is 1. The van der Waals surface area contributed by atoms with Crippen LogP contribution in [0.4, 0.5) is 0 Å². The summed E-state index contributed by atoms with van der Waals surface area (Å²) in [4.78, 5) is 12.8. The molecule has 33 heavy (non-hydrogen) atoms. The molecule has 0 radical (unpaired) electrons. The molecule has 0 aromatic heterocycles. The summed E-state index contributed by atoms with van der Waals surface area (Å²) >= 11 is 0. The number of ketones is 1. The summed E-state index contributed by atoms with van der Waals surface area (Å²) in [5.41, 5.74) is 0.954. The van der Waals surface area contributed by atoms with Crippen LogP contribution < -0.4 is 0 Å². The van der Waals surface area contributed by atoms with Crippen molar-refractivity contribution in [1.29, 1.82) is 0 Å². The molecule has 188 valence electrons. The van der Waals surface area contributed by atoms with Crippen LogP contribution in [0, 0.1) is 64.1 Å². The molecule has 10 atom stereocenters. The van der Waals surface area contributed by atoms with Gasteiger partial charge in [0.25, 0.3) is 0 Å². The van der Waals surface area contributed by atoms with Gasteiger partial charge in [-0.2, -0.15) is 0 Å². The Morgan fingerprint density at radius 2 is 1.64 bits per heavy atom. The molecule has 0 aromatic rings. The predicted molar refractivity (Wildman–Crippen MR) is 141 cm³/mol. The second-order valence-electron chi connectivity index (χ2n) is 13.9. The SMILES string of the molecule is C=CC[C@@H]1C(=O)CC[C@]2(C)[C@H]3CC[C@]4(C)[C@@H]([C@H](C)CC[C@@H](CC)C(C)C)CC[C@H]4[C@@H]3CC[C@@H]12. The van der Waals surface area contributed by atoms with E-state index in [1.165, 1.54) is 57.8 Å². The summed E-state index contributed by atoms with van der Waals surface area (Å²) in [6.07, 6.45) is 17.6. The highest BCUT2D eigenvalue weighted by Gasteiger charge is 2.61. The van der Waals surface area contributed by atoms with E-state index in [9.17, 15) is 4.79 Å². The van der Waals surface area contributed by atoms with Gasteiger partial charge >= 0.3 is 0 Å². The van der Waals surface area contributed by atoms with E-state index in [0.717, 1.165) is 60.7 Å². The van der Waals surface area contributed by atoms with Crippen molar-refractivity contribution < 1.29 is 4.79 Å². The van der Waals surface area contributed by atoms with Gasteiger partial charge < -0.3 is 0 Å². The molecular weight excluding hydrogens is 400 g/mol. The first-order valence-corrected chi connectivity index (χ1v) is 14.8. The molecule has 4 rings (SSSR count). The molecule has 0 spiro atoms. The summed E-state index contributed by atoms with van der Waals surface area (Å²) in [6.45, 7) is 19.1. The maximum absolute atomic E-state index is 12.8. The third-order valence-electron chi connectivity index (χ3n) is 12.4. The van der Waals surface area contributed by atoms with Crippen molar-refractivity contribution in [3.05, 3.63) is 12.7 Å². The molecule has 0 heterocycles. The quantitative estimate of drug-likeness (QED) is 0.334. The van der Waals surface area contributed by atoms with E-state index >= 15 is 0 Å².